The third-order valence-electron chi connectivity index (χ3n) is 2.31. The van der Waals surface area contributed by atoms with Crippen LogP contribution in [0.1, 0.15) is 25.3 Å². The number of hydrogen-bond donors (Lipinski definition) is 1. The van der Waals surface area contributed by atoms with E-state index < -0.39 is 11.9 Å². The molecule has 0 saturated carbocycles. The lowest BCUT2D eigenvalue weighted by Crippen LogP contribution is -2.17. The summed E-state index contributed by atoms with van der Waals surface area (Å²) in [6.07, 6.45) is -0.00422. The molecule has 1 aromatic carbocycles. The van der Waals surface area contributed by atoms with Crippen LogP contribution in [0.4, 0.5) is 0 Å². The number of esters is 1. The number of halogens is 1. The number of benzene rings is 1. The average Bonchev–Trinajstić information content (AvgIpc) is 2.29. The summed E-state index contributed by atoms with van der Waals surface area (Å²) in [6.45, 7) is 1.77. The van der Waals surface area contributed by atoms with E-state index in [0.717, 1.165) is 5.56 Å². The SMILES string of the molecule is CC(Cc1ccc(Cl)cc1)OC(=O)CCC(=O)O. The fraction of sp³-hybridized carbons (Fsp3) is 0.385. The van der Waals surface area contributed by atoms with Crippen molar-refractivity contribution in [3.05, 3.63) is 34.9 Å². The molecule has 1 aromatic rings. The zero-order valence-electron chi connectivity index (χ0n) is 10.1. The van der Waals surface area contributed by atoms with Crippen LogP contribution in [-0.4, -0.2) is 23.1 Å². The first kappa shape index (κ1) is 14.5. The normalized spacial score (nSPS) is 11.9. The van der Waals surface area contributed by atoms with Crippen LogP contribution in [0.2, 0.25) is 5.02 Å². The summed E-state index contributed by atoms with van der Waals surface area (Å²) in [5.74, 6) is -1.49. The van der Waals surface area contributed by atoms with Crippen molar-refractivity contribution in [1.29, 1.82) is 0 Å². The molecule has 0 radical (unpaired) electrons. The van der Waals surface area contributed by atoms with Gasteiger partial charge in [0.05, 0.1) is 12.8 Å². The summed E-state index contributed by atoms with van der Waals surface area (Å²) in [6, 6.07) is 7.28. The van der Waals surface area contributed by atoms with Gasteiger partial charge in [-0.25, -0.2) is 0 Å². The first-order valence-corrected chi connectivity index (χ1v) is 6.01. The lowest BCUT2D eigenvalue weighted by molar-refractivity contribution is -0.151. The van der Waals surface area contributed by atoms with Crippen molar-refractivity contribution in [3.8, 4) is 0 Å². The molecule has 4 nitrogen and oxygen atoms in total. The van der Waals surface area contributed by atoms with Crippen molar-refractivity contribution in [2.24, 2.45) is 0 Å². The first-order chi connectivity index (χ1) is 8.47. The van der Waals surface area contributed by atoms with Gasteiger partial charge in [-0.15, -0.1) is 0 Å². The monoisotopic (exact) mass is 270 g/mol. The van der Waals surface area contributed by atoms with Crippen LogP contribution < -0.4 is 0 Å². The summed E-state index contributed by atoms with van der Waals surface area (Å²) in [7, 11) is 0. The van der Waals surface area contributed by atoms with Crippen LogP contribution in [0.15, 0.2) is 24.3 Å². The fourth-order valence-corrected chi connectivity index (χ4v) is 1.61. The molecule has 0 heterocycles. The Morgan fingerprint density at radius 3 is 2.44 bits per heavy atom. The number of rotatable bonds is 6. The van der Waals surface area contributed by atoms with Gasteiger partial charge in [0, 0.05) is 11.4 Å². The zero-order valence-corrected chi connectivity index (χ0v) is 10.8. The van der Waals surface area contributed by atoms with Gasteiger partial charge in [-0.1, -0.05) is 23.7 Å². The minimum atomic E-state index is -1.00. The highest BCUT2D eigenvalue weighted by molar-refractivity contribution is 6.30. The minimum Gasteiger partial charge on any atom is -0.481 e. The average molecular weight is 271 g/mol. The van der Waals surface area contributed by atoms with E-state index in [2.05, 4.69) is 0 Å². The fourth-order valence-electron chi connectivity index (χ4n) is 1.49. The topological polar surface area (TPSA) is 63.6 Å². The van der Waals surface area contributed by atoms with Crippen molar-refractivity contribution in [2.75, 3.05) is 0 Å². The molecule has 0 saturated heterocycles. The lowest BCUT2D eigenvalue weighted by atomic mass is 10.1. The molecule has 1 atom stereocenters. The van der Waals surface area contributed by atoms with Crippen molar-refractivity contribution in [2.45, 2.75) is 32.3 Å². The predicted molar refractivity (Wildman–Crippen MR) is 67.6 cm³/mol. The number of carboxylic acids is 1. The number of carbonyl (C=O) groups is 2. The second-order valence-corrected chi connectivity index (χ2v) is 4.46. The molecule has 98 valence electrons. The van der Waals surface area contributed by atoms with Gasteiger partial charge in [0.1, 0.15) is 6.10 Å². The molecule has 0 aromatic heterocycles. The number of aliphatic carboxylic acids is 1. The van der Waals surface area contributed by atoms with Crippen LogP contribution in [0.5, 0.6) is 0 Å². The van der Waals surface area contributed by atoms with Gasteiger partial charge >= 0.3 is 11.9 Å². The molecule has 0 fully saturated rings. The smallest absolute Gasteiger partial charge is 0.306 e. The van der Waals surface area contributed by atoms with E-state index in [0.29, 0.717) is 11.4 Å². The van der Waals surface area contributed by atoms with Crippen LogP contribution in [-0.2, 0) is 20.7 Å². The van der Waals surface area contributed by atoms with Gasteiger partial charge < -0.3 is 9.84 Å². The summed E-state index contributed by atoms with van der Waals surface area (Å²) >= 11 is 5.76. The standard InChI is InChI=1S/C13H15ClO4/c1-9(18-13(17)7-6-12(15)16)8-10-2-4-11(14)5-3-10/h2-5,9H,6-8H2,1H3,(H,15,16). The van der Waals surface area contributed by atoms with Crippen molar-refractivity contribution >= 4 is 23.5 Å². The number of carboxylic acid groups (broad SMARTS) is 1. The second-order valence-electron chi connectivity index (χ2n) is 4.02. The Labute approximate surface area is 111 Å². The largest absolute Gasteiger partial charge is 0.481 e. The molecule has 1 N–H and O–H groups in total. The van der Waals surface area contributed by atoms with Crippen LogP contribution in [0.3, 0.4) is 0 Å². The molecule has 18 heavy (non-hydrogen) atoms. The van der Waals surface area contributed by atoms with E-state index in [1.54, 1.807) is 19.1 Å². The number of carbonyl (C=O) groups excluding carboxylic acids is 1. The molecule has 0 bridgehead atoms. The number of ether oxygens (including phenoxy) is 1. The Kier molecular flexibility index (Phi) is 5.65. The maximum atomic E-state index is 11.3. The van der Waals surface area contributed by atoms with Gasteiger partial charge in [0.2, 0.25) is 0 Å². The van der Waals surface area contributed by atoms with E-state index in [4.69, 9.17) is 21.4 Å². The summed E-state index contributed by atoms with van der Waals surface area (Å²) in [5.41, 5.74) is 1.01. The van der Waals surface area contributed by atoms with E-state index in [1.165, 1.54) is 0 Å². The quantitative estimate of drug-likeness (QED) is 0.807. The van der Waals surface area contributed by atoms with Crippen LogP contribution in [0.25, 0.3) is 0 Å². The Morgan fingerprint density at radius 1 is 1.28 bits per heavy atom. The summed E-state index contributed by atoms with van der Waals surface area (Å²) in [5, 5.41) is 9.09. The Bertz CT molecular complexity index is 414. The molecular formula is C13H15ClO4. The third kappa shape index (κ3) is 5.68. The Balaban J connectivity index is 2.36. The van der Waals surface area contributed by atoms with Gasteiger partial charge in [-0.2, -0.15) is 0 Å². The predicted octanol–water partition coefficient (Wildman–Crippen LogP) is 2.68. The highest BCUT2D eigenvalue weighted by Crippen LogP contribution is 2.12. The molecule has 0 aliphatic carbocycles. The zero-order chi connectivity index (χ0) is 13.5. The van der Waals surface area contributed by atoms with Gasteiger partial charge in [0.15, 0.2) is 0 Å². The van der Waals surface area contributed by atoms with Gasteiger partial charge in [-0.05, 0) is 24.6 Å². The van der Waals surface area contributed by atoms with Crippen LogP contribution >= 0.6 is 11.6 Å². The second kappa shape index (κ2) is 7.01. The van der Waals surface area contributed by atoms with E-state index >= 15 is 0 Å². The van der Waals surface area contributed by atoms with Crippen LogP contribution in [0, 0.1) is 0 Å². The minimum absolute atomic E-state index is 0.0969. The van der Waals surface area contributed by atoms with E-state index in [9.17, 15) is 9.59 Å². The number of hydrogen-bond acceptors (Lipinski definition) is 3. The maximum absolute atomic E-state index is 11.3. The molecule has 1 rings (SSSR count). The van der Waals surface area contributed by atoms with Crippen molar-refractivity contribution in [3.63, 3.8) is 0 Å². The molecule has 1 unspecified atom stereocenters. The molecule has 0 amide bonds. The highest BCUT2D eigenvalue weighted by atomic mass is 35.5. The lowest BCUT2D eigenvalue weighted by Gasteiger charge is -2.13. The van der Waals surface area contributed by atoms with Gasteiger partial charge in [-0.3, -0.25) is 9.59 Å². The van der Waals surface area contributed by atoms with Crippen molar-refractivity contribution in [1.82, 2.24) is 0 Å². The third-order valence-corrected chi connectivity index (χ3v) is 2.56. The Morgan fingerprint density at radius 2 is 1.89 bits per heavy atom. The summed E-state index contributed by atoms with van der Waals surface area (Å²) < 4.78 is 5.10. The first-order valence-electron chi connectivity index (χ1n) is 5.63. The van der Waals surface area contributed by atoms with E-state index in [1.807, 2.05) is 12.1 Å². The molecular weight excluding hydrogens is 256 g/mol. The molecule has 0 spiro atoms. The van der Waals surface area contributed by atoms with Gasteiger partial charge in [0.25, 0.3) is 0 Å². The highest BCUT2D eigenvalue weighted by Gasteiger charge is 2.11. The molecule has 0 aliphatic heterocycles. The van der Waals surface area contributed by atoms with E-state index in [-0.39, 0.29) is 18.9 Å². The Hall–Kier alpha value is -1.55. The molecule has 5 heteroatoms. The molecule has 0 aliphatic rings. The van der Waals surface area contributed by atoms with Crippen molar-refractivity contribution < 1.29 is 19.4 Å². The maximum Gasteiger partial charge on any atom is 0.306 e. The summed E-state index contributed by atoms with van der Waals surface area (Å²) in [4.78, 5) is 21.6.